The summed E-state index contributed by atoms with van der Waals surface area (Å²) in [5, 5.41) is 0. The van der Waals surface area contributed by atoms with E-state index in [9.17, 15) is 9.59 Å². The number of hydrogen-bond acceptors (Lipinski definition) is 6. The fourth-order valence-corrected chi connectivity index (χ4v) is 8.32. The summed E-state index contributed by atoms with van der Waals surface area (Å²) in [5.41, 5.74) is 3.89. The molecule has 4 rings (SSSR count). The van der Waals surface area contributed by atoms with Crippen LogP contribution in [0.2, 0.25) is 0 Å². The summed E-state index contributed by atoms with van der Waals surface area (Å²) < 4.78 is 10.1. The van der Waals surface area contributed by atoms with Crippen molar-refractivity contribution in [2.24, 2.45) is 0 Å². The van der Waals surface area contributed by atoms with Crippen molar-refractivity contribution >= 4 is 22.4 Å². The van der Waals surface area contributed by atoms with Crippen molar-refractivity contribution in [2.45, 2.75) is 76.8 Å². The van der Waals surface area contributed by atoms with E-state index in [0.717, 1.165) is 37.8 Å². The largest absolute Gasteiger partial charge is 0.444 e. The first-order valence-corrected chi connectivity index (χ1v) is 14.6. The minimum absolute atomic E-state index is 0.0407. The zero-order valence-electron chi connectivity index (χ0n) is 21.2. The van der Waals surface area contributed by atoms with Crippen LogP contribution in [0, 0.1) is 0 Å². The third-order valence-electron chi connectivity index (χ3n) is 6.87. The summed E-state index contributed by atoms with van der Waals surface area (Å²) in [6.45, 7) is 8.24. The summed E-state index contributed by atoms with van der Waals surface area (Å²) in [4.78, 5) is 33.5. The van der Waals surface area contributed by atoms with E-state index in [-0.39, 0.29) is 30.1 Å². The van der Waals surface area contributed by atoms with Crippen molar-refractivity contribution in [1.29, 1.82) is 0 Å². The Morgan fingerprint density at radius 2 is 1.76 bits per heavy atom. The molecule has 0 spiro atoms. The fourth-order valence-electron chi connectivity index (χ4n) is 5.23. The lowest BCUT2D eigenvalue weighted by Gasteiger charge is -2.49. The highest BCUT2D eigenvalue weighted by atomic mass is 32.3. The number of hydroxylamine groups is 1. The third-order valence-corrected chi connectivity index (χ3v) is 9.87. The average molecular weight is 493 g/mol. The Bertz CT molecular complexity index is 867. The van der Waals surface area contributed by atoms with E-state index in [1.54, 1.807) is 4.90 Å². The van der Waals surface area contributed by atoms with Gasteiger partial charge in [0.05, 0.1) is 6.61 Å². The Morgan fingerprint density at radius 3 is 2.41 bits per heavy atom. The fraction of sp³-hybridized carbons (Fsp3) is 0.680. The first-order valence-electron chi connectivity index (χ1n) is 12.3. The molecule has 0 aromatic heterocycles. The molecule has 3 aliphatic rings. The summed E-state index contributed by atoms with van der Waals surface area (Å²) >= 11 is 0. The zero-order chi connectivity index (χ0) is 24.5. The van der Waals surface area contributed by atoms with Gasteiger partial charge in [-0.3, -0.25) is 13.9 Å². The second-order valence-corrected chi connectivity index (χ2v) is 14.2. The Kier molecular flexibility index (Phi) is 7.47. The molecule has 1 N–H and O–H groups in total. The number of carbonyl (C=O) groups is 2. The summed E-state index contributed by atoms with van der Waals surface area (Å²) in [6.07, 6.45) is 7.56. The van der Waals surface area contributed by atoms with E-state index in [2.05, 4.69) is 38.7 Å². The predicted molar refractivity (Wildman–Crippen MR) is 135 cm³/mol. The Morgan fingerprint density at radius 1 is 1.09 bits per heavy atom. The van der Waals surface area contributed by atoms with Gasteiger partial charge in [-0.1, -0.05) is 30.3 Å². The molecule has 3 fully saturated rings. The second kappa shape index (κ2) is 10.0. The van der Waals surface area contributed by atoms with Crippen molar-refractivity contribution in [3.63, 3.8) is 0 Å². The highest BCUT2D eigenvalue weighted by molar-refractivity contribution is 8.29. The van der Waals surface area contributed by atoms with Crippen LogP contribution in [-0.2, 0) is 21.0 Å². The maximum atomic E-state index is 13.5. The van der Waals surface area contributed by atoms with Crippen LogP contribution in [-0.4, -0.2) is 81.4 Å². The molecule has 3 heterocycles. The summed E-state index contributed by atoms with van der Waals surface area (Å²) in [6, 6.07) is 10.5. The molecule has 1 aromatic rings. The maximum Gasteiger partial charge on any atom is 0.410 e. The third kappa shape index (κ3) is 5.53. The summed E-state index contributed by atoms with van der Waals surface area (Å²) in [7, 11) is -1.43. The molecule has 0 unspecified atom stereocenters. The molecular formula is C25H40N4O4S. The van der Waals surface area contributed by atoms with Gasteiger partial charge in [0.25, 0.3) is 5.91 Å². The minimum Gasteiger partial charge on any atom is -0.444 e. The van der Waals surface area contributed by atoms with Crippen LogP contribution in [0.4, 0.5) is 4.79 Å². The molecule has 3 aliphatic heterocycles. The van der Waals surface area contributed by atoms with Gasteiger partial charge in [-0.2, -0.15) is 5.48 Å². The smallest absolute Gasteiger partial charge is 0.410 e. The van der Waals surface area contributed by atoms with Crippen LogP contribution in [0.1, 0.15) is 52.0 Å². The normalized spacial score (nSPS) is 26.9. The van der Waals surface area contributed by atoms with Gasteiger partial charge in [-0.05, 0) is 64.5 Å². The van der Waals surface area contributed by atoms with E-state index < -0.39 is 16.0 Å². The number of hydrogen-bond donors (Lipinski definition) is 1. The average Bonchev–Trinajstić information content (AvgIpc) is 2.98. The minimum atomic E-state index is -1.43. The molecule has 8 nitrogen and oxygen atoms in total. The van der Waals surface area contributed by atoms with Gasteiger partial charge in [0.1, 0.15) is 11.6 Å². The predicted octanol–water partition coefficient (Wildman–Crippen LogP) is 3.68. The highest BCUT2D eigenvalue weighted by Gasteiger charge is 2.53. The highest BCUT2D eigenvalue weighted by Crippen LogP contribution is 2.58. The van der Waals surface area contributed by atoms with Crippen LogP contribution in [0.25, 0.3) is 0 Å². The van der Waals surface area contributed by atoms with E-state index >= 15 is 0 Å². The van der Waals surface area contributed by atoms with E-state index in [4.69, 9.17) is 9.57 Å². The van der Waals surface area contributed by atoms with Crippen molar-refractivity contribution < 1.29 is 19.2 Å². The number of amides is 2. The lowest BCUT2D eigenvalue weighted by Crippen LogP contribution is -2.49. The molecule has 0 radical (unpaired) electrons. The maximum absolute atomic E-state index is 13.5. The first kappa shape index (κ1) is 25.3. The van der Waals surface area contributed by atoms with Crippen LogP contribution in [0.3, 0.4) is 0 Å². The molecule has 3 saturated heterocycles. The van der Waals surface area contributed by atoms with Gasteiger partial charge in [-0.15, -0.1) is 10.4 Å². The van der Waals surface area contributed by atoms with Gasteiger partial charge >= 0.3 is 6.09 Å². The number of carbonyl (C=O) groups excluding carboxylic acids is 2. The Hall–Kier alpha value is -1.81. The van der Waals surface area contributed by atoms with Crippen LogP contribution in [0.15, 0.2) is 30.3 Å². The number of fused-ring (bicyclic) bond motifs is 1. The number of ether oxygens (including phenoxy) is 1. The topological polar surface area (TPSA) is 74.3 Å². The molecule has 34 heavy (non-hydrogen) atoms. The van der Waals surface area contributed by atoms with Gasteiger partial charge in [0, 0.05) is 31.7 Å². The number of nitrogens with one attached hydrogen (secondary N) is 1. The zero-order valence-corrected chi connectivity index (χ0v) is 22.0. The standard InChI is InChI=1S/C25H40N4O4S/c1-25(2,3)33-24(31)27-15-13-21(14-16-27)29-23(30)22-12-11-20(17-28(22)34(29,4)5)26-32-18-19-9-7-6-8-10-19/h6-10,20-22,26H,11-18H2,1-5H3/t20-,22+/m1/s1. The number of rotatable bonds is 5. The molecule has 2 amide bonds. The van der Waals surface area contributed by atoms with E-state index in [1.807, 2.05) is 39.0 Å². The number of benzene rings is 1. The van der Waals surface area contributed by atoms with Gasteiger partial charge in [-0.25, -0.2) is 9.10 Å². The van der Waals surface area contributed by atoms with Crippen LogP contribution in [0.5, 0.6) is 0 Å². The molecule has 2 atom stereocenters. The second-order valence-electron chi connectivity index (χ2n) is 10.9. The van der Waals surface area contributed by atoms with Gasteiger partial charge < -0.3 is 9.64 Å². The molecule has 9 heteroatoms. The summed E-state index contributed by atoms with van der Waals surface area (Å²) in [5.74, 6) is 0.263. The SMILES string of the molecule is CC(C)(C)OC(=O)N1CCC(N2C(=O)[C@@H]3CC[C@@H](NOCc4ccccc4)CN3S2(C)C)CC1. The van der Waals surface area contributed by atoms with Crippen molar-refractivity contribution in [2.75, 3.05) is 32.1 Å². The number of nitrogens with zero attached hydrogens (tertiary/aromatic N) is 3. The number of piperidine rings is 2. The Labute approximate surface area is 205 Å². The lowest BCUT2D eigenvalue weighted by atomic mass is 9.99. The van der Waals surface area contributed by atoms with Crippen molar-refractivity contribution in [3.8, 4) is 0 Å². The Balaban J connectivity index is 1.33. The molecule has 0 saturated carbocycles. The van der Waals surface area contributed by atoms with Crippen molar-refractivity contribution in [1.82, 2.24) is 19.0 Å². The quantitative estimate of drug-likeness (QED) is 0.632. The monoisotopic (exact) mass is 492 g/mol. The number of likely N-dealkylation sites (tertiary alicyclic amines) is 1. The van der Waals surface area contributed by atoms with Crippen LogP contribution < -0.4 is 5.48 Å². The van der Waals surface area contributed by atoms with E-state index in [1.165, 1.54) is 0 Å². The lowest BCUT2D eigenvalue weighted by molar-refractivity contribution is -0.130. The van der Waals surface area contributed by atoms with Crippen molar-refractivity contribution in [3.05, 3.63) is 35.9 Å². The molecule has 1 aromatic carbocycles. The van der Waals surface area contributed by atoms with E-state index in [0.29, 0.717) is 19.7 Å². The molecule has 0 bridgehead atoms. The molecular weight excluding hydrogens is 452 g/mol. The first-order chi connectivity index (χ1) is 16.1. The van der Waals surface area contributed by atoms with Crippen LogP contribution >= 0.6 is 10.4 Å². The van der Waals surface area contributed by atoms with Gasteiger partial charge in [0.15, 0.2) is 0 Å². The molecule has 190 valence electrons. The molecule has 0 aliphatic carbocycles. The van der Waals surface area contributed by atoms with Gasteiger partial charge in [0.2, 0.25) is 0 Å².